The standard InChI is InChI=1S/C14H10N4.ClH/c15-7-12-10-3-1-8(16)5-13(10)18-14-6-9(17)2-4-11(12)14;/h1-6H,16-17H2;1H. The second-order valence-electron chi connectivity index (χ2n) is 4.15. The summed E-state index contributed by atoms with van der Waals surface area (Å²) in [5.74, 6) is 0. The lowest BCUT2D eigenvalue weighted by molar-refractivity contribution is 1.47. The average molecular weight is 271 g/mol. The van der Waals surface area contributed by atoms with Gasteiger partial charge in [0.15, 0.2) is 0 Å². The molecule has 3 aromatic rings. The largest absolute Gasteiger partial charge is 0.399 e. The van der Waals surface area contributed by atoms with Crippen molar-refractivity contribution in [1.82, 2.24) is 4.98 Å². The minimum Gasteiger partial charge on any atom is -0.399 e. The molecule has 1 aromatic heterocycles. The second-order valence-corrected chi connectivity index (χ2v) is 4.15. The number of pyridine rings is 1. The van der Waals surface area contributed by atoms with E-state index in [-0.39, 0.29) is 12.4 Å². The highest BCUT2D eigenvalue weighted by Crippen LogP contribution is 2.27. The van der Waals surface area contributed by atoms with Gasteiger partial charge in [0, 0.05) is 22.1 Å². The predicted octanol–water partition coefficient (Wildman–Crippen LogP) is 2.85. The van der Waals surface area contributed by atoms with E-state index in [0.717, 1.165) is 10.8 Å². The summed E-state index contributed by atoms with van der Waals surface area (Å²) in [6, 6.07) is 13.0. The molecule has 5 heteroatoms. The lowest BCUT2D eigenvalue weighted by atomic mass is 10.0. The Kier molecular flexibility index (Phi) is 3.16. The third kappa shape index (κ3) is 2.01. The molecule has 0 aliphatic heterocycles. The molecular weight excluding hydrogens is 260 g/mol. The first-order valence-corrected chi connectivity index (χ1v) is 5.47. The van der Waals surface area contributed by atoms with Gasteiger partial charge in [-0.25, -0.2) is 4.98 Å². The maximum Gasteiger partial charge on any atom is 0.101 e. The third-order valence-corrected chi connectivity index (χ3v) is 2.93. The summed E-state index contributed by atoms with van der Waals surface area (Å²) in [6.07, 6.45) is 0. The van der Waals surface area contributed by atoms with Crippen LogP contribution in [0.5, 0.6) is 0 Å². The van der Waals surface area contributed by atoms with E-state index < -0.39 is 0 Å². The van der Waals surface area contributed by atoms with Crippen molar-refractivity contribution in [3.63, 3.8) is 0 Å². The molecule has 94 valence electrons. The minimum absolute atomic E-state index is 0. The zero-order chi connectivity index (χ0) is 12.7. The average Bonchev–Trinajstić information content (AvgIpc) is 2.35. The van der Waals surface area contributed by atoms with E-state index >= 15 is 0 Å². The molecule has 0 aliphatic carbocycles. The Morgan fingerprint density at radius 1 is 0.895 bits per heavy atom. The van der Waals surface area contributed by atoms with Gasteiger partial charge in [0.25, 0.3) is 0 Å². The third-order valence-electron chi connectivity index (χ3n) is 2.93. The Bertz CT molecular complexity index is 761. The van der Waals surface area contributed by atoms with E-state index in [1.807, 2.05) is 12.1 Å². The Balaban J connectivity index is 0.00000133. The van der Waals surface area contributed by atoms with Gasteiger partial charge < -0.3 is 11.5 Å². The molecule has 0 atom stereocenters. The zero-order valence-electron chi connectivity index (χ0n) is 9.92. The highest BCUT2D eigenvalue weighted by Gasteiger charge is 2.09. The minimum atomic E-state index is 0. The van der Waals surface area contributed by atoms with Crippen LogP contribution in [0.4, 0.5) is 11.4 Å². The Morgan fingerprint density at radius 3 is 1.79 bits per heavy atom. The van der Waals surface area contributed by atoms with Crippen LogP contribution in [-0.4, -0.2) is 4.98 Å². The van der Waals surface area contributed by atoms with Crippen LogP contribution in [0.3, 0.4) is 0 Å². The van der Waals surface area contributed by atoms with Crippen molar-refractivity contribution in [2.75, 3.05) is 11.5 Å². The molecular formula is C14H11ClN4. The van der Waals surface area contributed by atoms with Gasteiger partial charge in [-0.15, -0.1) is 12.4 Å². The highest BCUT2D eigenvalue weighted by atomic mass is 35.5. The van der Waals surface area contributed by atoms with Crippen LogP contribution < -0.4 is 11.5 Å². The maximum atomic E-state index is 9.33. The van der Waals surface area contributed by atoms with Gasteiger partial charge in [0.1, 0.15) is 6.07 Å². The number of hydrogen-bond donors (Lipinski definition) is 2. The number of rotatable bonds is 0. The zero-order valence-corrected chi connectivity index (χ0v) is 10.7. The van der Waals surface area contributed by atoms with Crippen molar-refractivity contribution in [3.05, 3.63) is 42.0 Å². The first-order chi connectivity index (χ1) is 8.69. The Hall–Kier alpha value is -2.51. The number of hydrogen-bond acceptors (Lipinski definition) is 4. The maximum absolute atomic E-state index is 9.33. The van der Waals surface area contributed by atoms with Crippen molar-refractivity contribution in [3.8, 4) is 6.07 Å². The van der Waals surface area contributed by atoms with Crippen LogP contribution in [0.15, 0.2) is 36.4 Å². The SMILES string of the molecule is Cl.N#Cc1c2ccc(N)cc2nc2cc(N)ccc12. The van der Waals surface area contributed by atoms with E-state index in [9.17, 15) is 5.26 Å². The molecule has 0 saturated carbocycles. The van der Waals surface area contributed by atoms with E-state index in [1.165, 1.54) is 0 Å². The summed E-state index contributed by atoms with van der Waals surface area (Å²) in [5, 5.41) is 11.0. The second kappa shape index (κ2) is 4.63. The van der Waals surface area contributed by atoms with Gasteiger partial charge in [-0.1, -0.05) is 0 Å². The fourth-order valence-corrected chi connectivity index (χ4v) is 2.10. The summed E-state index contributed by atoms with van der Waals surface area (Å²) in [6.45, 7) is 0. The van der Waals surface area contributed by atoms with Gasteiger partial charge in [0.2, 0.25) is 0 Å². The Labute approximate surface area is 116 Å². The van der Waals surface area contributed by atoms with Gasteiger partial charge in [-0.05, 0) is 36.4 Å². The highest BCUT2D eigenvalue weighted by molar-refractivity contribution is 6.01. The van der Waals surface area contributed by atoms with Gasteiger partial charge in [-0.3, -0.25) is 0 Å². The number of nitrogens with zero attached hydrogens (tertiary/aromatic N) is 2. The number of anilines is 2. The normalized spacial score (nSPS) is 10.1. The molecule has 0 bridgehead atoms. The van der Waals surface area contributed by atoms with Crippen LogP contribution >= 0.6 is 12.4 Å². The molecule has 0 radical (unpaired) electrons. The smallest absolute Gasteiger partial charge is 0.101 e. The number of nitriles is 1. The Morgan fingerprint density at radius 2 is 1.37 bits per heavy atom. The van der Waals surface area contributed by atoms with Crippen LogP contribution in [0.25, 0.3) is 21.8 Å². The van der Waals surface area contributed by atoms with Crippen molar-refractivity contribution in [2.45, 2.75) is 0 Å². The lowest BCUT2D eigenvalue weighted by Crippen LogP contribution is -1.92. The fraction of sp³-hybridized carbons (Fsp3) is 0. The van der Waals surface area contributed by atoms with E-state index in [2.05, 4.69) is 11.1 Å². The molecule has 0 fully saturated rings. The van der Waals surface area contributed by atoms with Gasteiger partial charge in [0.05, 0.1) is 16.6 Å². The monoisotopic (exact) mass is 270 g/mol. The van der Waals surface area contributed by atoms with Crippen LogP contribution in [0.2, 0.25) is 0 Å². The molecule has 4 nitrogen and oxygen atoms in total. The number of benzene rings is 2. The van der Waals surface area contributed by atoms with Gasteiger partial charge in [-0.2, -0.15) is 5.26 Å². The summed E-state index contributed by atoms with van der Waals surface area (Å²) in [5.41, 5.74) is 14.8. The summed E-state index contributed by atoms with van der Waals surface area (Å²) < 4.78 is 0. The number of halogens is 1. The van der Waals surface area contributed by atoms with Crippen molar-refractivity contribution < 1.29 is 0 Å². The molecule has 2 aromatic carbocycles. The first-order valence-electron chi connectivity index (χ1n) is 5.47. The van der Waals surface area contributed by atoms with Crippen molar-refractivity contribution in [1.29, 1.82) is 5.26 Å². The summed E-state index contributed by atoms with van der Waals surface area (Å²) in [4.78, 5) is 4.50. The summed E-state index contributed by atoms with van der Waals surface area (Å²) in [7, 11) is 0. The molecule has 1 heterocycles. The van der Waals surface area contributed by atoms with Crippen LogP contribution in [0, 0.1) is 11.3 Å². The topological polar surface area (TPSA) is 88.7 Å². The number of nitrogen functional groups attached to an aromatic ring is 2. The van der Waals surface area contributed by atoms with E-state index in [0.29, 0.717) is 28.0 Å². The number of fused-ring (bicyclic) bond motifs is 2. The molecule has 0 spiro atoms. The van der Waals surface area contributed by atoms with E-state index in [4.69, 9.17) is 11.5 Å². The predicted molar refractivity (Wildman–Crippen MR) is 80.0 cm³/mol. The quantitative estimate of drug-likeness (QED) is 0.485. The van der Waals surface area contributed by atoms with Gasteiger partial charge >= 0.3 is 0 Å². The number of aromatic nitrogens is 1. The van der Waals surface area contributed by atoms with E-state index in [1.54, 1.807) is 24.3 Å². The first kappa shape index (κ1) is 12.9. The number of nitrogens with two attached hydrogens (primary N) is 2. The molecule has 3 rings (SSSR count). The van der Waals surface area contributed by atoms with Crippen molar-refractivity contribution in [2.24, 2.45) is 0 Å². The fourth-order valence-electron chi connectivity index (χ4n) is 2.10. The molecule has 0 aliphatic rings. The molecule has 4 N–H and O–H groups in total. The van der Waals surface area contributed by atoms with Crippen LogP contribution in [0.1, 0.15) is 5.56 Å². The molecule has 19 heavy (non-hydrogen) atoms. The molecule has 0 saturated heterocycles. The molecule has 0 unspecified atom stereocenters. The summed E-state index contributed by atoms with van der Waals surface area (Å²) >= 11 is 0. The van der Waals surface area contributed by atoms with Crippen LogP contribution in [-0.2, 0) is 0 Å². The molecule has 0 amide bonds. The van der Waals surface area contributed by atoms with Crippen molar-refractivity contribution >= 4 is 45.6 Å². The lowest BCUT2D eigenvalue weighted by Gasteiger charge is -2.06.